The maximum atomic E-state index is 8.52. The van der Waals surface area contributed by atoms with Gasteiger partial charge in [-0.25, -0.2) is 4.52 Å². The van der Waals surface area contributed by atoms with Gasteiger partial charge in [0.2, 0.25) is 5.95 Å². The minimum atomic E-state index is 0.0329. The molecule has 2 aromatic heterocycles. The number of halogens is 1. The van der Waals surface area contributed by atoms with Crippen molar-refractivity contribution in [2.24, 2.45) is 0 Å². The van der Waals surface area contributed by atoms with Gasteiger partial charge in [-0.15, -0.1) is 5.10 Å². The van der Waals surface area contributed by atoms with Gasteiger partial charge in [0.25, 0.3) is 0 Å². The van der Waals surface area contributed by atoms with Gasteiger partial charge in [0.05, 0.1) is 24.8 Å². The number of hydrogen-bond donors (Lipinski definition) is 2. The summed E-state index contributed by atoms with van der Waals surface area (Å²) >= 11 is 5.84. The standard InChI is InChI=1S/C10H13ClN4O2/c11-8-1-2-9-13-10(14-15(9)7-8)12-3-5-17-6-4-16/h1-2,7,16H,3-6H2,(H,12,14). The van der Waals surface area contributed by atoms with Gasteiger partial charge in [-0.05, 0) is 12.1 Å². The SMILES string of the molecule is OCCOCCNc1nc2ccc(Cl)cn2n1. The number of nitrogens with zero attached hydrogens (tertiary/aromatic N) is 3. The fourth-order valence-electron chi connectivity index (χ4n) is 1.33. The third kappa shape index (κ3) is 3.29. The van der Waals surface area contributed by atoms with Crippen molar-refractivity contribution in [2.45, 2.75) is 0 Å². The van der Waals surface area contributed by atoms with Gasteiger partial charge in [-0.3, -0.25) is 0 Å². The number of anilines is 1. The number of aliphatic hydroxyl groups is 1. The van der Waals surface area contributed by atoms with Crippen LogP contribution in [0.4, 0.5) is 5.95 Å². The highest BCUT2D eigenvalue weighted by atomic mass is 35.5. The lowest BCUT2D eigenvalue weighted by molar-refractivity contribution is 0.0991. The predicted molar refractivity (Wildman–Crippen MR) is 64.4 cm³/mol. The topological polar surface area (TPSA) is 71.7 Å². The Labute approximate surface area is 103 Å². The van der Waals surface area contributed by atoms with E-state index < -0.39 is 0 Å². The maximum Gasteiger partial charge on any atom is 0.243 e. The van der Waals surface area contributed by atoms with E-state index in [4.69, 9.17) is 21.4 Å². The number of aromatic nitrogens is 3. The Bertz CT molecular complexity index is 488. The van der Waals surface area contributed by atoms with E-state index in [1.54, 1.807) is 22.8 Å². The summed E-state index contributed by atoms with van der Waals surface area (Å²) in [6, 6.07) is 3.56. The van der Waals surface area contributed by atoms with Crippen molar-refractivity contribution in [1.29, 1.82) is 0 Å². The summed E-state index contributed by atoms with van der Waals surface area (Å²) in [5.74, 6) is 0.528. The lowest BCUT2D eigenvalue weighted by atomic mass is 10.5. The van der Waals surface area contributed by atoms with E-state index in [0.29, 0.717) is 30.7 Å². The molecule has 0 amide bonds. The molecular formula is C10H13ClN4O2. The minimum absolute atomic E-state index is 0.0329. The molecule has 0 aliphatic rings. The molecule has 0 spiro atoms. The number of rotatable bonds is 6. The van der Waals surface area contributed by atoms with Crippen molar-refractivity contribution >= 4 is 23.2 Å². The van der Waals surface area contributed by atoms with Crippen LogP contribution in [0.15, 0.2) is 18.3 Å². The third-order valence-electron chi connectivity index (χ3n) is 2.06. The fourth-order valence-corrected chi connectivity index (χ4v) is 1.49. The molecule has 92 valence electrons. The van der Waals surface area contributed by atoms with Crippen molar-refractivity contribution < 1.29 is 9.84 Å². The normalized spacial score (nSPS) is 10.9. The fraction of sp³-hybridized carbons (Fsp3) is 0.400. The van der Waals surface area contributed by atoms with Crippen LogP contribution in [0.3, 0.4) is 0 Å². The summed E-state index contributed by atoms with van der Waals surface area (Å²) in [7, 11) is 0. The second-order valence-electron chi connectivity index (χ2n) is 3.35. The lowest BCUT2D eigenvalue weighted by Gasteiger charge is -2.01. The van der Waals surface area contributed by atoms with Crippen LogP contribution in [0.1, 0.15) is 0 Å². The average molecular weight is 257 g/mol. The Balaban J connectivity index is 1.91. The summed E-state index contributed by atoms with van der Waals surface area (Å²) < 4.78 is 6.71. The summed E-state index contributed by atoms with van der Waals surface area (Å²) in [6.07, 6.45) is 1.69. The second-order valence-corrected chi connectivity index (χ2v) is 3.78. The summed E-state index contributed by atoms with van der Waals surface area (Å²) in [4.78, 5) is 4.25. The largest absolute Gasteiger partial charge is 0.394 e. The van der Waals surface area contributed by atoms with Crippen LogP contribution in [0.2, 0.25) is 5.02 Å². The van der Waals surface area contributed by atoms with E-state index in [2.05, 4.69) is 15.4 Å². The van der Waals surface area contributed by atoms with Crippen LogP contribution in [0.5, 0.6) is 0 Å². The van der Waals surface area contributed by atoms with Crippen LogP contribution in [0, 0.1) is 0 Å². The first kappa shape index (κ1) is 12.1. The number of fused-ring (bicyclic) bond motifs is 1. The predicted octanol–water partition coefficient (Wildman–Crippen LogP) is 0.803. The van der Waals surface area contributed by atoms with Crippen LogP contribution in [-0.2, 0) is 4.74 Å². The zero-order chi connectivity index (χ0) is 12.1. The Morgan fingerprint density at radius 3 is 3.12 bits per heavy atom. The zero-order valence-corrected chi connectivity index (χ0v) is 9.89. The number of aliphatic hydroxyl groups excluding tert-OH is 1. The molecule has 7 heteroatoms. The molecular weight excluding hydrogens is 244 g/mol. The van der Waals surface area contributed by atoms with Crippen LogP contribution >= 0.6 is 11.6 Å². The van der Waals surface area contributed by atoms with Gasteiger partial charge in [-0.1, -0.05) is 11.6 Å². The molecule has 17 heavy (non-hydrogen) atoms. The number of nitrogens with one attached hydrogen (secondary N) is 1. The Kier molecular flexibility index (Phi) is 4.13. The minimum Gasteiger partial charge on any atom is -0.394 e. The van der Waals surface area contributed by atoms with E-state index in [1.807, 2.05) is 0 Å². The third-order valence-corrected chi connectivity index (χ3v) is 2.28. The summed E-state index contributed by atoms with van der Waals surface area (Å²) in [6.45, 7) is 1.46. The molecule has 0 bridgehead atoms. The molecule has 0 aliphatic carbocycles. The van der Waals surface area contributed by atoms with E-state index in [9.17, 15) is 0 Å². The molecule has 0 aliphatic heterocycles. The average Bonchev–Trinajstić information content (AvgIpc) is 2.70. The Morgan fingerprint density at radius 1 is 1.41 bits per heavy atom. The first-order valence-corrected chi connectivity index (χ1v) is 5.62. The summed E-state index contributed by atoms with van der Waals surface area (Å²) in [5, 5.41) is 16.3. The molecule has 0 unspecified atom stereocenters. The highest BCUT2D eigenvalue weighted by Crippen LogP contribution is 2.11. The number of ether oxygens (including phenoxy) is 1. The molecule has 0 radical (unpaired) electrons. The van der Waals surface area contributed by atoms with E-state index in [1.165, 1.54) is 0 Å². The van der Waals surface area contributed by atoms with E-state index in [-0.39, 0.29) is 6.61 Å². The number of pyridine rings is 1. The molecule has 2 rings (SSSR count). The monoisotopic (exact) mass is 256 g/mol. The van der Waals surface area contributed by atoms with Gasteiger partial charge < -0.3 is 15.2 Å². The Morgan fingerprint density at radius 2 is 2.29 bits per heavy atom. The van der Waals surface area contributed by atoms with Gasteiger partial charge in [0.1, 0.15) is 0 Å². The molecule has 2 heterocycles. The molecule has 0 saturated heterocycles. The zero-order valence-electron chi connectivity index (χ0n) is 9.14. The molecule has 0 atom stereocenters. The van der Waals surface area contributed by atoms with Crippen molar-refractivity contribution in [3.05, 3.63) is 23.4 Å². The van der Waals surface area contributed by atoms with E-state index in [0.717, 1.165) is 5.65 Å². The van der Waals surface area contributed by atoms with Gasteiger partial charge in [0, 0.05) is 12.7 Å². The first-order chi connectivity index (χ1) is 8.29. The maximum absolute atomic E-state index is 8.52. The molecule has 0 fully saturated rings. The van der Waals surface area contributed by atoms with Crippen molar-refractivity contribution in [3.63, 3.8) is 0 Å². The summed E-state index contributed by atoms with van der Waals surface area (Å²) in [5.41, 5.74) is 0.730. The second kappa shape index (κ2) is 5.81. The van der Waals surface area contributed by atoms with Gasteiger partial charge >= 0.3 is 0 Å². The number of hydrogen-bond acceptors (Lipinski definition) is 5. The molecule has 0 saturated carbocycles. The Hall–Kier alpha value is -1.37. The quantitative estimate of drug-likeness (QED) is 0.748. The van der Waals surface area contributed by atoms with Gasteiger partial charge in [0.15, 0.2) is 5.65 Å². The van der Waals surface area contributed by atoms with E-state index >= 15 is 0 Å². The van der Waals surface area contributed by atoms with Gasteiger partial charge in [-0.2, -0.15) is 4.98 Å². The van der Waals surface area contributed by atoms with Crippen LogP contribution in [0.25, 0.3) is 5.65 Å². The molecule has 6 nitrogen and oxygen atoms in total. The van der Waals surface area contributed by atoms with Crippen LogP contribution in [-0.4, -0.2) is 46.1 Å². The molecule has 2 N–H and O–H groups in total. The van der Waals surface area contributed by atoms with Crippen molar-refractivity contribution in [1.82, 2.24) is 14.6 Å². The van der Waals surface area contributed by atoms with Crippen LogP contribution < -0.4 is 5.32 Å². The highest BCUT2D eigenvalue weighted by molar-refractivity contribution is 6.30. The van der Waals surface area contributed by atoms with Crippen molar-refractivity contribution in [2.75, 3.05) is 31.7 Å². The highest BCUT2D eigenvalue weighted by Gasteiger charge is 2.02. The first-order valence-electron chi connectivity index (χ1n) is 5.24. The van der Waals surface area contributed by atoms with Crippen molar-refractivity contribution in [3.8, 4) is 0 Å². The smallest absolute Gasteiger partial charge is 0.243 e. The molecule has 0 aromatic carbocycles. The lowest BCUT2D eigenvalue weighted by Crippen LogP contribution is -2.12. The molecule has 2 aromatic rings.